The van der Waals surface area contributed by atoms with Gasteiger partial charge in [-0.3, -0.25) is 14.4 Å². The van der Waals surface area contributed by atoms with Crippen molar-refractivity contribution in [1.82, 2.24) is 0 Å². The van der Waals surface area contributed by atoms with E-state index in [1.165, 1.54) is 7.11 Å². The third-order valence-corrected chi connectivity index (χ3v) is 4.26. The van der Waals surface area contributed by atoms with Gasteiger partial charge in [-0.1, -0.05) is 12.1 Å². The standard InChI is InChI=1S/C23H21N3O5/c1-30-20-5-3-2-4-19(20)26-23(29)15-6-10-17(11-7-15)25-22(28)16-8-12-18(13-9-16)31-14-21(24)27/h2-13H,14H2,1H3,(H2,24,27)(H,25,28)(H,26,29). The molecule has 0 bridgehead atoms. The largest absolute Gasteiger partial charge is 0.495 e. The molecular weight excluding hydrogens is 398 g/mol. The normalized spacial score (nSPS) is 10.1. The molecule has 0 aliphatic heterocycles. The number of hydrogen-bond acceptors (Lipinski definition) is 5. The van der Waals surface area contributed by atoms with Crippen LogP contribution in [0, 0.1) is 0 Å². The molecule has 0 unspecified atom stereocenters. The van der Waals surface area contributed by atoms with E-state index in [-0.39, 0.29) is 18.4 Å². The van der Waals surface area contributed by atoms with E-state index >= 15 is 0 Å². The molecule has 0 heterocycles. The summed E-state index contributed by atoms with van der Waals surface area (Å²) in [6, 6.07) is 19.9. The first-order valence-corrected chi connectivity index (χ1v) is 9.33. The molecule has 31 heavy (non-hydrogen) atoms. The second kappa shape index (κ2) is 9.93. The van der Waals surface area contributed by atoms with Crippen molar-refractivity contribution in [3.63, 3.8) is 0 Å². The number of carbonyl (C=O) groups is 3. The third-order valence-electron chi connectivity index (χ3n) is 4.26. The summed E-state index contributed by atoms with van der Waals surface area (Å²) in [5.74, 6) is -0.213. The molecule has 4 N–H and O–H groups in total. The number of hydrogen-bond donors (Lipinski definition) is 3. The smallest absolute Gasteiger partial charge is 0.255 e. The number of para-hydroxylation sites is 2. The number of nitrogens with one attached hydrogen (secondary N) is 2. The molecule has 0 radical (unpaired) electrons. The van der Waals surface area contributed by atoms with Crippen LogP contribution in [0.5, 0.6) is 11.5 Å². The lowest BCUT2D eigenvalue weighted by Gasteiger charge is -2.10. The van der Waals surface area contributed by atoms with Crippen molar-refractivity contribution in [2.24, 2.45) is 5.73 Å². The predicted molar refractivity (Wildman–Crippen MR) is 116 cm³/mol. The second-order valence-electron chi connectivity index (χ2n) is 6.47. The number of nitrogens with two attached hydrogens (primary N) is 1. The maximum absolute atomic E-state index is 12.5. The van der Waals surface area contributed by atoms with Gasteiger partial charge < -0.3 is 25.8 Å². The van der Waals surface area contributed by atoms with Crippen LogP contribution in [0.2, 0.25) is 0 Å². The number of primary amides is 1. The fourth-order valence-corrected chi connectivity index (χ4v) is 2.71. The molecule has 158 valence electrons. The summed E-state index contributed by atoms with van der Waals surface area (Å²) in [6.45, 7) is -0.234. The van der Waals surface area contributed by atoms with Crippen molar-refractivity contribution in [2.45, 2.75) is 0 Å². The Morgan fingerprint density at radius 2 is 1.39 bits per heavy atom. The summed E-state index contributed by atoms with van der Waals surface area (Å²) in [5.41, 5.74) is 6.96. The monoisotopic (exact) mass is 419 g/mol. The van der Waals surface area contributed by atoms with Crippen LogP contribution < -0.4 is 25.8 Å². The Hall–Kier alpha value is -4.33. The van der Waals surface area contributed by atoms with Crippen LogP contribution in [-0.4, -0.2) is 31.4 Å². The maximum Gasteiger partial charge on any atom is 0.255 e. The van der Waals surface area contributed by atoms with E-state index in [4.69, 9.17) is 15.2 Å². The molecule has 0 fully saturated rings. The van der Waals surface area contributed by atoms with Crippen LogP contribution in [-0.2, 0) is 4.79 Å². The Labute approximate surface area is 179 Å². The van der Waals surface area contributed by atoms with E-state index in [0.717, 1.165) is 0 Å². The van der Waals surface area contributed by atoms with Crippen LogP contribution in [0.3, 0.4) is 0 Å². The van der Waals surface area contributed by atoms with Gasteiger partial charge in [-0.2, -0.15) is 0 Å². The Morgan fingerprint density at radius 3 is 2.00 bits per heavy atom. The number of anilines is 2. The molecule has 0 saturated heterocycles. The Kier molecular flexibility index (Phi) is 6.85. The number of amides is 3. The molecule has 8 nitrogen and oxygen atoms in total. The SMILES string of the molecule is COc1ccccc1NC(=O)c1ccc(NC(=O)c2ccc(OCC(N)=O)cc2)cc1. The van der Waals surface area contributed by atoms with E-state index in [2.05, 4.69) is 10.6 Å². The van der Waals surface area contributed by atoms with Gasteiger partial charge in [0.05, 0.1) is 12.8 Å². The fourth-order valence-electron chi connectivity index (χ4n) is 2.71. The third kappa shape index (κ3) is 5.83. The Morgan fingerprint density at radius 1 is 0.806 bits per heavy atom. The van der Waals surface area contributed by atoms with E-state index in [1.807, 2.05) is 6.07 Å². The number of rotatable bonds is 8. The zero-order chi connectivity index (χ0) is 22.2. The number of ether oxygens (including phenoxy) is 2. The molecule has 0 atom stereocenters. The van der Waals surface area contributed by atoms with Gasteiger partial charge in [-0.25, -0.2) is 0 Å². The van der Waals surface area contributed by atoms with Crippen molar-refractivity contribution < 1.29 is 23.9 Å². The Bertz CT molecular complexity index is 1080. The minimum absolute atomic E-state index is 0.234. The number of carbonyl (C=O) groups excluding carboxylic acids is 3. The van der Waals surface area contributed by atoms with Gasteiger partial charge >= 0.3 is 0 Å². The first-order valence-electron chi connectivity index (χ1n) is 9.33. The van der Waals surface area contributed by atoms with E-state index < -0.39 is 5.91 Å². The lowest BCUT2D eigenvalue weighted by Crippen LogP contribution is -2.20. The summed E-state index contributed by atoms with van der Waals surface area (Å²) in [6.07, 6.45) is 0. The highest BCUT2D eigenvalue weighted by Crippen LogP contribution is 2.24. The highest BCUT2D eigenvalue weighted by molar-refractivity contribution is 6.06. The summed E-state index contributed by atoms with van der Waals surface area (Å²) in [5, 5.41) is 5.55. The molecule has 3 amide bonds. The topological polar surface area (TPSA) is 120 Å². The van der Waals surface area contributed by atoms with Gasteiger partial charge in [0.15, 0.2) is 6.61 Å². The zero-order valence-corrected chi connectivity index (χ0v) is 16.8. The molecule has 0 saturated carbocycles. The highest BCUT2D eigenvalue weighted by Gasteiger charge is 2.11. The minimum atomic E-state index is -0.582. The number of methoxy groups -OCH3 is 1. The average molecular weight is 419 g/mol. The summed E-state index contributed by atoms with van der Waals surface area (Å²) < 4.78 is 10.4. The molecular formula is C23H21N3O5. The molecule has 0 aliphatic carbocycles. The summed E-state index contributed by atoms with van der Waals surface area (Å²) in [4.78, 5) is 35.6. The second-order valence-corrected chi connectivity index (χ2v) is 6.47. The van der Waals surface area contributed by atoms with Gasteiger partial charge in [-0.05, 0) is 60.7 Å². The van der Waals surface area contributed by atoms with Crippen LogP contribution in [0.1, 0.15) is 20.7 Å². The van der Waals surface area contributed by atoms with Crippen molar-refractivity contribution in [3.05, 3.63) is 83.9 Å². The van der Waals surface area contributed by atoms with Gasteiger partial charge in [0.25, 0.3) is 17.7 Å². The molecule has 3 aromatic rings. The zero-order valence-electron chi connectivity index (χ0n) is 16.8. The van der Waals surface area contributed by atoms with Crippen molar-refractivity contribution in [3.8, 4) is 11.5 Å². The van der Waals surface area contributed by atoms with Crippen molar-refractivity contribution in [1.29, 1.82) is 0 Å². The molecule has 0 spiro atoms. The first kappa shape index (κ1) is 21.4. The van der Waals surface area contributed by atoms with Crippen molar-refractivity contribution >= 4 is 29.1 Å². The van der Waals surface area contributed by atoms with E-state index in [0.29, 0.717) is 34.0 Å². The lowest BCUT2D eigenvalue weighted by molar-refractivity contribution is -0.119. The maximum atomic E-state index is 12.5. The Balaban J connectivity index is 1.60. The summed E-state index contributed by atoms with van der Waals surface area (Å²) in [7, 11) is 1.53. The van der Waals surface area contributed by atoms with E-state index in [9.17, 15) is 14.4 Å². The highest BCUT2D eigenvalue weighted by atomic mass is 16.5. The molecule has 0 aromatic heterocycles. The van der Waals surface area contributed by atoms with Gasteiger partial charge in [0.2, 0.25) is 0 Å². The first-order chi connectivity index (χ1) is 15.0. The minimum Gasteiger partial charge on any atom is -0.495 e. The van der Waals surface area contributed by atoms with Crippen molar-refractivity contribution in [2.75, 3.05) is 24.4 Å². The molecule has 8 heteroatoms. The van der Waals surface area contributed by atoms with Gasteiger partial charge in [-0.15, -0.1) is 0 Å². The predicted octanol–water partition coefficient (Wildman–Crippen LogP) is 3.06. The number of benzene rings is 3. The van der Waals surface area contributed by atoms with Gasteiger partial charge in [0.1, 0.15) is 11.5 Å². The lowest BCUT2D eigenvalue weighted by atomic mass is 10.1. The summed E-state index contributed by atoms with van der Waals surface area (Å²) >= 11 is 0. The van der Waals surface area contributed by atoms with Crippen LogP contribution in [0.25, 0.3) is 0 Å². The average Bonchev–Trinajstić information content (AvgIpc) is 2.78. The molecule has 3 aromatic carbocycles. The molecule has 3 rings (SSSR count). The fraction of sp³-hybridized carbons (Fsp3) is 0.0870. The van der Waals surface area contributed by atoms with Crippen LogP contribution >= 0.6 is 0 Å². The van der Waals surface area contributed by atoms with E-state index in [1.54, 1.807) is 66.7 Å². The molecule has 0 aliphatic rings. The van der Waals surface area contributed by atoms with Crippen LogP contribution in [0.4, 0.5) is 11.4 Å². The quantitative estimate of drug-likeness (QED) is 0.518. The van der Waals surface area contributed by atoms with Gasteiger partial charge in [0, 0.05) is 16.8 Å². The van der Waals surface area contributed by atoms with Crippen LogP contribution in [0.15, 0.2) is 72.8 Å².